The number of halogens is 3. The predicted octanol–water partition coefficient (Wildman–Crippen LogP) is 3.07. The van der Waals surface area contributed by atoms with Crippen molar-refractivity contribution in [2.45, 2.75) is 13.0 Å². The van der Waals surface area contributed by atoms with Gasteiger partial charge in [-0.25, -0.2) is 18.0 Å². The second-order valence-electron chi connectivity index (χ2n) is 6.53. The highest BCUT2D eigenvalue weighted by molar-refractivity contribution is 6.22. The Hall–Kier alpha value is -3.95. The van der Waals surface area contributed by atoms with E-state index in [0.717, 1.165) is 11.0 Å². The van der Waals surface area contributed by atoms with Gasteiger partial charge in [-0.1, -0.05) is 6.08 Å². The number of ether oxygens (including phenoxy) is 1. The zero-order valence-corrected chi connectivity index (χ0v) is 16.1. The van der Waals surface area contributed by atoms with Gasteiger partial charge in [0, 0.05) is 6.54 Å². The Morgan fingerprint density at radius 1 is 1.10 bits per heavy atom. The van der Waals surface area contributed by atoms with E-state index >= 15 is 0 Å². The summed E-state index contributed by atoms with van der Waals surface area (Å²) >= 11 is 0. The summed E-state index contributed by atoms with van der Waals surface area (Å²) in [7, 11) is 0. The molecule has 1 aliphatic heterocycles. The molecule has 0 spiro atoms. The number of esters is 1. The highest BCUT2D eigenvalue weighted by Gasteiger charge is 2.35. The van der Waals surface area contributed by atoms with Crippen LogP contribution in [0.4, 0.5) is 18.9 Å². The molecular formula is C21H15F3N2O5. The Morgan fingerprint density at radius 3 is 2.45 bits per heavy atom. The van der Waals surface area contributed by atoms with E-state index in [1.54, 1.807) is 0 Å². The number of anilines is 1. The highest BCUT2D eigenvalue weighted by Crippen LogP contribution is 2.25. The highest BCUT2D eigenvalue weighted by atomic mass is 19.2. The minimum absolute atomic E-state index is 0.00210. The van der Waals surface area contributed by atoms with Crippen LogP contribution in [0.3, 0.4) is 0 Å². The zero-order chi connectivity index (χ0) is 22.9. The maximum atomic E-state index is 13.7. The van der Waals surface area contributed by atoms with Crippen LogP contribution in [0.25, 0.3) is 0 Å². The first-order chi connectivity index (χ1) is 14.6. The maximum Gasteiger partial charge on any atom is 0.338 e. The van der Waals surface area contributed by atoms with Crippen molar-refractivity contribution in [3.8, 4) is 0 Å². The Balaban J connectivity index is 1.72. The van der Waals surface area contributed by atoms with Crippen LogP contribution in [0.5, 0.6) is 0 Å². The van der Waals surface area contributed by atoms with Gasteiger partial charge in [-0.05, 0) is 37.3 Å². The Kier molecular flexibility index (Phi) is 5.91. The summed E-state index contributed by atoms with van der Waals surface area (Å²) in [5, 5.41) is 2.00. The van der Waals surface area contributed by atoms with Gasteiger partial charge < -0.3 is 10.1 Å². The quantitative estimate of drug-likeness (QED) is 0.328. The summed E-state index contributed by atoms with van der Waals surface area (Å²) in [5.41, 5.74) is -0.611. The van der Waals surface area contributed by atoms with Crippen molar-refractivity contribution in [2.75, 3.05) is 11.9 Å². The predicted molar refractivity (Wildman–Crippen MR) is 102 cm³/mol. The number of carbonyl (C=O) groups is 4. The van der Waals surface area contributed by atoms with Crippen molar-refractivity contribution >= 4 is 29.4 Å². The molecule has 7 nitrogen and oxygen atoms in total. The summed E-state index contributed by atoms with van der Waals surface area (Å²) in [6.45, 7) is 4.66. The monoisotopic (exact) mass is 432 g/mol. The third-order valence-electron chi connectivity index (χ3n) is 4.46. The fourth-order valence-electron chi connectivity index (χ4n) is 2.85. The molecule has 2 aromatic carbocycles. The average molecular weight is 432 g/mol. The van der Waals surface area contributed by atoms with Crippen molar-refractivity contribution < 1.29 is 37.1 Å². The summed E-state index contributed by atoms with van der Waals surface area (Å²) in [4.78, 5) is 50.0. The molecule has 1 atom stereocenters. The normalized spacial score (nSPS) is 13.6. The standard InChI is InChI=1S/C21H15F3N2O5/c1-3-8-26-19(28)12-5-4-11(9-13(12)20(26)29)21(30)31-10(2)18(27)25-15-7-6-14(22)16(23)17(15)24/h3-7,9-10H,1,8H2,2H3,(H,25,27). The fourth-order valence-corrected chi connectivity index (χ4v) is 2.85. The first-order valence-electron chi connectivity index (χ1n) is 8.92. The van der Waals surface area contributed by atoms with Crippen LogP contribution in [0.2, 0.25) is 0 Å². The molecule has 0 bridgehead atoms. The molecule has 0 saturated heterocycles. The molecule has 3 rings (SSSR count). The Labute approximate surface area is 174 Å². The van der Waals surface area contributed by atoms with E-state index in [0.29, 0.717) is 6.07 Å². The fraction of sp³-hybridized carbons (Fsp3) is 0.143. The number of benzene rings is 2. The molecule has 1 heterocycles. The van der Waals surface area contributed by atoms with Crippen molar-refractivity contribution in [1.82, 2.24) is 4.90 Å². The molecule has 10 heteroatoms. The molecule has 2 aromatic rings. The average Bonchev–Trinajstić information content (AvgIpc) is 2.98. The van der Waals surface area contributed by atoms with Crippen LogP contribution >= 0.6 is 0 Å². The van der Waals surface area contributed by atoms with Crippen molar-refractivity contribution in [3.05, 3.63) is 77.1 Å². The van der Waals surface area contributed by atoms with Crippen LogP contribution in [-0.4, -0.2) is 41.2 Å². The van der Waals surface area contributed by atoms with E-state index in [1.807, 2.05) is 5.32 Å². The minimum atomic E-state index is -1.76. The lowest BCUT2D eigenvalue weighted by Gasteiger charge is -2.14. The van der Waals surface area contributed by atoms with E-state index in [4.69, 9.17) is 4.74 Å². The van der Waals surface area contributed by atoms with Gasteiger partial charge in [-0.3, -0.25) is 19.3 Å². The van der Waals surface area contributed by atoms with E-state index < -0.39 is 52.9 Å². The molecule has 0 fully saturated rings. The van der Waals surface area contributed by atoms with Gasteiger partial charge in [-0.15, -0.1) is 6.58 Å². The van der Waals surface area contributed by atoms with Gasteiger partial charge in [0.2, 0.25) is 0 Å². The van der Waals surface area contributed by atoms with Gasteiger partial charge in [0.25, 0.3) is 17.7 Å². The lowest BCUT2D eigenvalue weighted by atomic mass is 10.1. The van der Waals surface area contributed by atoms with Gasteiger partial charge in [0.15, 0.2) is 23.6 Å². The zero-order valence-electron chi connectivity index (χ0n) is 16.1. The second-order valence-corrected chi connectivity index (χ2v) is 6.53. The second kappa shape index (κ2) is 8.42. The Morgan fingerprint density at radius 2 is 1.77 bits per heavy atom. The molecule has 31 heavy (non-hydrogen) atoms. The number of nitrogens with one attached hydrogen (secondary N) is 1. The molecule has 3 amide bonds. The lowest BCUT2D eigenvalue weighted by molar-refractivity contribution is -0.123. The van der Waals surface area contributed by atoms with Crippen LogP contribution in [0.15, 0.2) is 43.0 Å². The summed E-state index contributed by atoms with van der Waals surface area (Å²) < 4.78 is 44.9. The summed E-state index contributed by atoms with van der Waals surface area (Å²) in [5.74, 6) is -7.90. The van der Waals surface area contributed by atoms with E-state index in [-0.39, 0.29) is 23.2 Å². The number of amides is 3. The van der Waals surface area contributed by atoms with Crippen LogP contribution in [0, 0.1) is 17.5 Å². The Bertz CT molecular complexity index is 1130. The summed E-state index contributed by atoms with van der Waals surface area (Å²) in [6, 6.07) is 5.15. The first-order valence-corrected chi connectivity index (χ1v) is 8.92. The van der Waals surface area contributed by atoms with Gasteiger partial charge in [0.1, 0.15) is 0 Å². The molecule has 0 aromatic heterocycles. The van der Waals surface area contributed by atoms with Crippen LogP contribution in [0.1, 0.15) is 38.0 Å². The smallest absolute Gasteiger partial charge is 0.338 e. The number of hydrogen-bond donors (Lipinski definition) is 1. The van der Waals surface area contributed by atoms with Crippen molar-refractivity contribution in [2.24, 2.45) is 0 Å². The molecule has 0 saturated carbocycles. The molecule has 1 N–H and O–H groups in total. The van der Waals surface area contributed by atoms with Crippen molar-refractivity contribution in [3.63, 3.8) is 0 Å². The maximum absolute atomic E-state index is 13.7. The van der Waals surface area contributed by atoms with Crippen LogP contribution in [-0.2, 0) is 9.53 Å². The SMILES string of the molecule is C=CCN1C(=O)c2ccc(C(=O)OC(C)C(=O)Nc3ccc(F)c(F)c3F)cc2C1=O. The number of carbonyl (C=O) groups excluding carboxylic acids is 4. The third-order valence-corrected chi connectivity index (χ3v) is 4.46. The minimum Gasteiger partial charge on any atom is -0.449 e. The van der Waals surface area contributed by atoms with Gasteiger partial charge >= 0.3 is 5.97 Å². The number of imide groups is 1. The van der Waals surface area contributed by atoms with Gasteiger partial charge in [-0.2, -0.15) is 0 Å². The van der Waals surface area contributed by atoms with E-state index in [1.165, 1.54) is 31.2 Å². The first kappa shape index (κ1) is 21.8. The largest absolute Gasteiger partial charge is 0.449 e. The summed E-state index contributed by atoms with van der Waals surface area (Å²) in [6.07, 6.45) is -0.0599. The third kappa shape index (κ3) is 4.04. The molecule has 0 aliphatic carbocycles. The number of fused-ring (bicyclic) bond motifs is 1. The topological polar surface area (TPSA) is 92.8 Å². The molecular weight excluding hydrogens is 417 g/mol. The molecule has 1 unspecified atom stereocenters. The van der Waals surface area contributed by atoms with Gasteiger partial charge in [0.05, 0.1) is 22.4 Å². The van der Waals surface area contributed by atoms with E-state index in [9.17, 15) is 32.3 Å². The molecule has 1 aliphatic rings. The number of hydrogen-bond acceptors (Lipinski definition) is 5. The molecule has 160 valence electrons. The number of rotatable bonds is 6. The van der Waals surface area contributed by atoms with Crippen molar-refractivity contribution in [1.29, 1.82) is 0 Å². The molecule has 0 radical (unpaired) electrons. The van der Waals surface area contributed by atoms with E-state index in [2.05, 4.69) is 6.58 Å². The number of nitrogens with zero attached hydrogens (tertiary/aromatic N) is 1. The lowest BCUT2D eigenvalue weighted by Crippen LogP contribution is -2.30. The van der Waals surface area contributed by atoms with Crippen LogP contribution < -0.4 is 5.32 Å².